The van der Waals surface area contributed by atoms with Gasteiger partial charge in [0.2, 0.25) is 10.0 Å². The summed E-state index contributed by atoms with van der Waals surface area (Å²) in [6, 6.07) is 14.7. The maximum Gasteiger partial charge on any atom is 0.232 e. The Kier molecular flexibility index (Phi) is 8.97. The van der Waals surface area contributed by atoms with Crippen LogP contribution in [0.4, 0.5) is 5.69 Å². The zero-order chi connectivity index (χ0) is 33.2. The van der Waals surface area contributed by atoms with E-state index in [0.717, 1.165) is 55.5 Å². The zero-order valence-corrected chi connectivity index (χ0v) is 32.8. The average molecular weight is 668 g/mol. The third kappa shape index (κ3) is 6.28. The quantitative estimate of drug-likeness (QED) is 0.373. The van der Waals surface area contributed by atoms with Gasteiger partial charge >= 0.3 is 0 Å². The fourth-order valence-electron chi connectivity index (χ4n) is 8.00. The van der Waals surface area contributed by atoms with Crippen LogP contribution in [0.15, 0.2) is 36.4 Å². The molecule has 1 aliphatic carbocycles. The van der Waals surface area contributed by atoms with Crippen molar-refractivity contribution in [2.24, 2.45) is 11.3 Å². The molecule has 0 amide bonds. The number of benzene rings is 2. The molecule has 1 saturated heterocycles. The second-order valence-corrected chi connectivity index (χ2v) is 24.5. The number of likely N-dealkylation sites (tertiary alicyclic amines) is 1. The molecule has 0 saturated carbocycles. The van der Waals surface area contributed by atoms with Crippen molar-refractivity contribution in [2.75, 3.05) is 11.3 Å². The maximum absolute atomic E-state index is 13.3. The van der Waals surface area contributed by atoms with E-state index in [1.165, 1.54) is 11.1 Å². The lowest BCUT2D eigenvalue weighted by Gasteiger charge is -2.61. The van der Waals surface area contributed by atoms with Crippen LogP contribution in [0.1, 0.15) is 89.0 Å². The third-order valence-corrected chi connectivity index (χ3v) is 19.3. The van der Waals surface area contributed by atoms with E-state index in [1.54, 1.807) is 0 Å². The standard InChI is InChI=1S/C35H53N3O4SSi2/c1-23-34(6,42-44)38(29-14-12-26-18-25(22-36)10-11-27(26)19-29)17-16-35(23)21-31(33(3,4)5)30-20-28(13-15-32(30)41-35)37-43(39,40)24(2)45(7,8)9/h10-11,13,15,18,20,23-24,29,31,37H,12,14,16-17,19,21H2,1-9,44H3/t23?,24?,29-,31+,34?,35?/m1/s1. The first kappa shape index (κ1) is 34.2. The van der Waals surface area contributed by atoms with Gasteiger partial charge in [-0.1, -0.05) is 53.4 Å². The van der Waals surface area contributed by atoms with Crippen LogP contribution in [-0.4, -0.2) is 60.7 Å². The number of anilines is 1. The molecule has 0 bridgehead atoms. The molecule has 2 aromatic rings. The second kappa shape index (κ2) is 11.8. The lowest BCUT2D eigenvalue weighted by molar-refractivity contribution is -0.219. The molecule has 4 unspecified atom stereocenters. The number of piperidine rings is 1. The summed E-state index contributed by atoms with van der Waals surface area (Å²) >= 11 is 0. The van der Waals surface area contributed by atoms with Crippen LogP contribution in [0.5, 0.6) is 5.75 Å². The number of ether oxygens (including phenoxy) is 1. The van der Waals surface area contributed by atoms with Crippen LogP contribution < -0.4 is 9.46 Å². The van der Waals surface area contributed by atoms with E-state index < -0.39 is 34.3 Å². The van der Waals surface area contributed by atoms with Gasteiger partial charge in [0.1, 0.15) is 27.6 Å². The SMILES string of the molecule is CC1C2(CCN([C@@H]3CCc4cc(C#N)ccc4C3)C1(C)O[SiH3])C[C@H](C(C)(C)C)c1cc(NS(=O)(=O)C(C)[Si](C)(C)C)ccc1O2. The summed E-state index contributed by atoms with van der Waals surface area (Å²) in [5.74, 6) is 1.15. The first-order valence-electron chi connectivity index (χ1n) is 16.5. The Morgan fingerprint density at radius 3 is 2.51 bits per heavy atom. The number of rotatable bonds is 6. The van der Waals surface area contributed by atoms with E-state index in [1.807, 2.05) is 31.2 Å². The summed E-state index contributed by atoms with van der Waals surface area (Å²) in [6.07, 6.45) is 4.74. The van der Waals surface area contributed by atoms with Gasteiger partial charge in [0.05, 0.1) is 24.6 Å². The van der Waals surface area contributed by atoms with Crippen LogP contribution in [0.2, 0.25) is 19.6 Å². The Labute approximate surface area is 275 Å². The predicted octanol–water partition coefficient (Wildman–Crippen LogP) is 6.13. The highest BCUT2D eigenvalue weighted by Gasteiger charge is 2.59. The topological polar surface area (TPSA) is 91.7 Å². The fourth-order valence-corrected chi connectivity index (χ4v) is 13.1. The number of sulfonamides is 1. The highest BCUT2D eigenvalue weighted by molar-refractivity contribution is 7.95. The molecule has 45 heavy (non-hydrogen) atoms. The number of nitrogens with zero attached hydrogens (tertiary/aromatic N) is 2. The Morgan fingerprint density at radius 2 is 1.89 bits per heavy atom. The van der Waals surface area contributed by atoms with Gasteiger partial charge in [0.15, 0.2) is 0 Å². The molecule has 10 heteroatoms. The Hall–Kier alpha value is -2.17. The lowest BCUT2D eigenvalue weighted by Crippen LogP contribution is -2.70. The van der Waals surface area contributed by atoms with E-state index in [4.69, 9.17) is 9.16 Å². The van der Waals surface area contributed by atoms with Crippen molar-refractivity contribution in [3.8, 4) is 11.8 Å². The van der Waals surface area contributed by atoms with Gasteiger partial charge in [-0.15, -0.1) is 0 Å². The molecule has 1 fully saturated rings. The van der Waals surface area contributed by atoms with Gasteiger partial charge in [0, 0.05) is 30.6 Å². The van der Waals surface area contributed by atoms with E-state index >= 15 is 0 Å². The van der Waals surface area contributed by atoms with Crippen LogP contribution >= 0.6 is 0 Å². The van der Waals surface area contributed by atoms with Gasteiger partial charge < -0.3 is 9.16 Å². The lowest BCUT2D eigenvalue weighted by atomic mass is 9.62. The molecule has 246 valence electrons. The van der Waals surface area contributed by atoms with Crippen LogP contribution in [0.25, 0.3) is 0 Å². The van der Waals surface area contributed by atoms with Crippen molar-refractivity contribution >= 4 is 34.3 Å². The van der Waals surface area contributed by atoms with Crippen molar-refractivity contribution in [2.45, 2.75) is 121 Å². The highest BCUT2D eigenvalue weighted by atomic mass is 32.2. The fraction of sp³-hybridized carbons (Fsp3) is 0.629. The highest BCUT2D eigenvalue weighted by Crippen LogP contribution is 2.56. The van der Waals surface area contributed by atoms with Crippen LogP contribution in [0.3, 0.4) is 0 Å². The second-order valence-electron chi connectivity index (χ2n) is 16.1. The number of fused-ring (bicyclic) bond motifs is 2. The summed E-state index contributed by atoms with van der Waals surface area (Å²) in [5, 5.41) is 9.37. The summed E-state index contributed by atoms with van der Waals surface area (Å²) < 4.78 is 43.2. The molecular formula is C35H53N3O4SSi2. The molecule has 0 radical (unpaired) electrons. The van der Waals surface area contributed by atoms with Crippen molar-refractivity contribution in [3.63, 3.8) is 0 Å². The summed E-state index contributed by atoms with van der Waals surface area (Å²) in [6.45, 7) is 20.4. The number of aryl methyl sites for hydroxylation is 1. The van der Waals surface area contributed by atoms with E-state index in [2.05, 4.69) is 82.1 Å². The zero-order valence-electron chi connectivity index (χ0n) is 29.0. The molecule has 1 N–H and O–H groups in total. The molecular weight excluding hydrogens is 615 g/mol. The number of hydrogen-bond acceptors (Lipinski definition) is 6. The van der Waals surface area contributed by atoms with E-state index in [0.29, 0.717) is 22.2 Å². The number of hydrogen-bond donors (Lipinski definition) is 1. The maximum atomic E-state index is 13.3. The van der Waals surface area contributed by atoms with Gasteiger partial charge in [-0.05, 0) is 97.9 Å². The molecule has 2 heterocycles. The molecule has 2 aromatic carbocycles. The molecule has 5 rings (SSSR count). The van der Waals surface area contributed by atoms with E-state index in [9.17, 15) is 13.7 Å². The number of nitriles is 1. The predicted molar refractivity (Wildman–Crippen MR) is 189 cm³/mol. The van der Waals surface area contributed by atoms with Gasteiger partial charge in [-0.3, -0.25) is 9.62 Å². The monoisotopic (exact) mass is 667 g/mol. The van der Waals surface area contributed by atoms with Crippen molar-refractivity contribution in [1.82, 2.24) is 4.90 Å². The van der Waals surface area contributed by atoms with Gasteiger partial charge in [-0.25, -0.2) is 8.42 Å². The molecule has 3 aliphatic rings. The smallest absolute Gasteiger partial charge is 0.232 e. The van der Waals surface area contributed by atoms with Crippen molar-refractivity contribution in [1.29, 1.82) is 5.26 Å². The summed E-state index contributed by atoms with van der Waals surface area (Å²) in [5.41, 5.74) is 4.15. The van der Waals surface area contributed by atoms with Crippen LogP contribution in [-0.2, 0) is 27.3 Å². The molecule has 1 spiro atoms. The Balaban J connectivity index is 1.44. The van der Waals surface area contributed by atoms with Crippen LogP contribution in [0, 0.1) is 22.7 Å². The molecule has 7 nitrogen and oxygen atoms in total. The molecule has 6 atom stereocenters. The minimum atomic E-state index is -3.51. The molecule has 0 aromatic heterocycles. The average Bonchev–Trinajstić information content (AvgIpc) is 2.97. The Morgan fingerprint density at radius 1 is 1.18 bits per heavy atom. The Bertz CT molecular complexity index is 1600. The largest absolute Gasteiger partial charge is 0.486 e. The first-order chi connectivity index (χ1) is 20.8. The minimum absolute atomic E-state index is 0.0565. The number of nitrogens with one attached hydrogen (secondary N) is 1. The minimum Gasteiger partial charge on any atom is -0.486 e. The normalized spacial score (nSPS) is 29.7. The van der Waals surface area contributed by atoms with Gasteiger partial charge in [-0.2, -0.15) is 5.26 Å². The summed E-state index contributed by atoms with van der Waals surface area (Å²) in [7, 11) is -4.80. The summed E-state index contributed by atoms with van der Waals surface area (Å²) in [4.78, 5) is 2.20. The van der Waals surface area contributed by atoms with Crippen molar-refractivity contribution in [3.05, 3.63) is 58.7 Å². The van der Waals surface area contributed by atoms with Crippen molar-refractivity contribution < 1.29 is 17.6 Å². The van der Waals surface area contributed by atoms with E-state index in [-0.39, 0.29) is 17.3 Å². The first-order valence-corrected chi connectivity index (χ1v) is 22.5. The van der Waals surface area contributed by atoms with Gasteiger partial charge in [0.25, 0.3) is 0 Å². The molecule has 2 aliphatic heterocycles. The third-order valence-electron chi connectivity index (χ3n) is 11.6.